The quantitative estimate of drug-likeness (QED) is 0.686. The highest BCUT2D eigenvalue weighted by molar-refractivity contribution is 7.11. The molecule has 0 aliphatic heterocycles. The molecule has 0 aliphatic rings. The molecule has 0 atom stereocenters. The third-order valence-electron chi connectivity index (χ3n) is 1.72. The maximum Gasteiger partial charge on any atom is 0.134 e. The first-order chi connectivity index (χ1) is 6.84. The van der Waals surface area contributed by atoms with E-state index >= 15 is 0 Å². The van der Waals surface area contributed by atoms with Gasteiger partial charge in [0.2, 0.25) is 0 Å². The first-order valence-corrected chi connectivity index (χ1v) is 5.24. The van der Waals surface area contributed by atoms with Crippen molar-refractivity contribution in [2.45, 2.75) is 6.92 Å². The second kappa shape index (κ2) is 4.15. The largest absolute Gasteiger partial charge is 0.254 e. The Bertz CT molecular complexity index is 432. The highest BCUT2D eigenvalue weighted by Gasteiger charge is 1.93. The van der Waals surface area contributed by atoms with Crippen molar-refractivity contribution in [2.24, 2.45) is 4.99 Å². The fraction of sp³-hybridized carbons (Fsp3) is 0.0909. The molecule has 0 unspecified atom stereocenters. The molecule has 3 heteroatoms. The van der Waals surface area contributed by atoms with Crippen LogP contribution in [0.1, 0.15) is 10.7 Å². The maximum absolute atomic E-state index is 4.31. The Kier molecular flexibility index (Phi) is 2.70. The Hall–Kier alpha value is -1.48. The molecule has 1 heterocycles. The van der Waals surface area contributed by atoms with Crippen LogP contribution in [0.3, 0.4) is 0 Å². The molecule has 0 fully saturated rings. The summed E-state index contributed by atoms with van der Waals surface area (Å²) >= 11 is 1.61. The Morgan fingerprint density at radius 1 is 1.29 bits per heavy atom. The first kappa shape index (κ1) is 9.09. The lowest BCUT2D eigenvalue weighted by Gasteiger charge is -1.89. The van der Waals surface area contributed by atoms with Gasteiger partial charge >= 0.3 is 0 Å². The maximum atomic E-state index is 4.31. The van der Waals surface area contributed by atoms with Crippen molar-refractivity contribution in [1.29, 1.82) is 0 Å². The number of nitrogens with zero attached hydrogens (tertiary/aromatic N) is 2. The second-order valence-corrected chi connectivity index (χ2v) is 3.81. The third-order valence-corrected chi connectivity index (χ3v) is 2.61. The molecular formula is C11H10N2S. The summed E-state index contributed by atoms with van der Waals surface area (Å²) in [5, 5.41) is 2.97. The molecule has 2 rings (SSSR count). The van der Waals surface area contributed by atoms with Crippen molar-refractivity contribution in [3.63, 3.8) is 0 Å². The number of aliphatic imine (C=N–C) groups is 1. The van der Waals surface area contributed by atoms with Crippen LogP contribution in [0.15, 0.2) is 40.7 Å². The number of para-hydroxylation sites is 1. The number of thiazole rings is 1. The molecule has 14 heavy (non-hydrogen) atoms. The molecule has 70 valence electrons. The van der Waals surface area contributed by atoms with E-state index in [0.717, 1.165) is 16.4 Å². The summed E-state index contributed by atoms with van der Waals surface area (Å²) in [7, 11) is 0. The van der Waals surface area contributed by atoms with Crippen LogP contribution >= 0.6 is 11.3 Å². The van der Waals surface area contributed by atoms with Gasteiger partial charge in [-0.25, -0.2) is 4.98 Å². The van der Waals surface area contributed by atoms with Gasteiger partial charge in [0.15, 0.2) is 0 Å². The fourth-order valence-corrected chi connectivity index (χ4v) is 1.73. The molecule has 0 spiro atoms. The molecular weight excluding hydrogens is 192 g/mol. The number of hydrogen-bond acceptors (Lipinski definition) is 3. The molecule has 2 nitrogen and oxygen atoms in total. The van der Waals surface area contributed by atoms with E-state index in [-0.39, 0.29) is 0 Å². The summed E-state index contributed by atoms with van der Waals surface area (Å²) in [6.45, 7) is 1.98. The standard InChI is InChI=1S/C11H10N2S/c1-9-8-14-11(13-9)7-12-10-5-3-2-4-6-10/h2-8H,1H3. The van der Waals surface area contributed by atoms with Gasteiger partial charge in [-0.2, -0.15) is 0 Å². The van der Waals surface area contributed by atoms with Crippen LogP contribution in [0.4, 0.5) is 5.69 Å². The van der Waals surface area contributed by atoms with E-state index in [0.29, 0.717) is 0 Å². The summed E-state index contributed by atoms with van der Waals surface area (Å²) in [6.07, 6.45) is 1.80. The lowest BCUT2D eigenvalue weighted by atomic mass is 10.3. The van der Waals surface area contributed by atoms with Crippen molar-refractivity contribution in [1.82, 2.24) is 4.98 Å². The molecule has 0 N–H and O–H groups in total. The smallest absolute Gasteiger partial charge is 0.134 e. The number of rotatable bonds is 2. The van der Waals surface area contributed by atoms with E-state index in [9.17, 15) is 0 Å². The summed E-state index contributed by atoms with van der Waals surface area (Å²) < 4.78 is 0. The van der Waals surface area contributed by atoms with Crippen LogP contribution < -0.4 is 0 Å². The zero-order valence-corrected chi connectivity index (χ0v) is 8.66. The zero-order valence-electron chi connectivity index (χ0n) is 7.84. The van der Waals surface area contributed by atoms with Crippen molar-refractivity contribution < 1.29 is 0 Å². The van der Waals surface area contributed by atoms with E-state index in [1.165, 1.54) is 0 Å². The predicted octanol–water partition coefficient (Wildman–Crippen LogP) is 3.20. The number of hydrogen-bond donors (Lipinski definition) is 0. The summed E-state index contributed by atoms with van der Waals surface area (Å²) in [5.41, 5.74) is 2.00. The van der Waals surface area contributed by atoms with Crippen LogP contribution in [-0.4, -0.2) is 11.2 Å². The molecule has 0 amide bonds. The average Bonchev–Trinajstić information content (AvgIpc) is 2.63. The fourth-order valence-electron chi connectivity index (χ4n) is 1.08. The van der Waals surface area contributed by atoms with Gasteiger partial charge in [-0.05, 0) is 19.1 Å². The summed E-state index contributed by atoms with van der Waals surface area (Å²) in [5.74, 6) is 0. The normalized spacial score (nSPS) is 10.9. The van der Waals surface area contributed by atoms with Crippen LogP contribution in [0.2, 0.25) is 0 Å². The first-order valence-electron chi connectivity index (χ1n) is 4.36. The van der Waals surface area contributed by atoms with Crippen LogP contribution in [0, 0.1) is 6.92 Å². The topological polar surface area (TPSA) is 25.2 Å². The molecule has 0 saturated heterocycles. The Morgan fingerprint density at radius 3 is 2.71 bits per heavy atom. The number of aromatic nitrogens is 1. The van der Waals surface area contributed by atoms with Gasteiger partial charge in [-0.15, -0.1) is 11.3 Å². The lowest BCUT2D eigenvalue weighted by Crippen LogP contribution is -1.78. The zero-order chi connectivity index (χ0) is 9.80. The van der Waals surface area contributed by atoms with Crippen LogP contribution in [0.25, 0.3) is 0 Å². The van der Waals surface area contributed by atoms with Gasteiger partial charge in [0.05, 0.1) is 11.9 Å². The van der Waals surface area contributed by atoms with Gasteiger partial charge in [-0.3, -0.25) is 4.99 Å². The highest BCUT2D eigenvalue weighted by Crippen LogP contribution is 2.11. The number of aryl methyl sites for hydroxylation is 1. The van der Waals surface area contributed by atoms with Gasteiger partial charge in [0, 0.05) is 11.1 Å². The molecule has 1 aromatic carbocycles. The van der Waals surface area contributed by atoms with Crippen molar-refractivity contribution in [3.05, 3.63) is 46.4 Å². The lowest BCUT2D eigenvalue weighted by molar-refractivity contribution is 1.25. The molecule has 0 bridgehead atoms. The minimum atomic E-state index is 0.950. The van der Waals surface area contributed by atoms with Gasteiger partial charge in [-0.1, -0.05) is 18.2 Å². The van der Waals surface area contributed by atoms with Gasteiger partial charge < -0.3 is 0 Å². The summed E-state index contributed by atoms with van der Waals surface area (Å²) in [6, 6.07) is 9.86. The minimum Gasteiger partial charge on any atom is -0.254 e. The van der Waals surface area contributed by atoms with Crippen molar-refractivity contribution in [2.75, 3.05) is 0 Å². The molecule has 2 aromatic rings. The van der Waals surface area contributed by atoms with E-state index < -0.39 is 0 Å². The van der Waals surface area contributed by atoms with E-state index in [1.807, 2.05) is 42.6 Å². The predicted molar refractivity (Wildman–Crippen MR) is 60.5 cm³/mol. The Morgan fingerprint density at radius 2 is 2.07 bits per heavy atom. The van der Waals surface area contributed by atoms with Crippen molar-refractivity contribution in [3.8, 4) is 0 Å². The van der Waals surface area contributed by atoms with E-state index in [1.54, 1.807) is 17.6 Å². The van der Waals surface area contributed by atoms with Crippen LogP contribution in [-0.2, 0) is 0 Å². The number of benzene rings is 1. The monoisotopic (exact) mass is 202 g/mol. The third kappa shape index (κ3) is 2.26. The van der Waals surface area contributed by atoms with Crippen LogP contribution in [0.5, 0.6) is 0 Å². The van der Waals surface area contributed by atoms with Gasteiger partial charge in [0.25, 0.3) is 0 Å². The molecule has 0 aliphatic carbocycles. The molecule has 0 radical (unpaired) electrons. The molecule has 1 aromatic heterocycles. The summed E-state index contributed by atoms with van der Waals surface area (Å²) in [4.78, 5) is 8.61. The second-order valence-electron chi connectivity index (χ2n) is 2.92. The highest BCUT2D eigenvalue weighted by atomic mass is 32.1. The Balaban J connectivity index is 2.15. The average molecular weight is 202 g/mol. The molecule has 0 saturated carbocycles. The van der Waals surface area contributed by atoms with Gasteiger partial charge in [0.1, 0.15) is 5.01 Å². The van der Waals surface area contributed by atoms with Crippen molar-refractivity contribution >= 4 is 23.2 Å². The minimum absolute atomic E-state index is 0.950. The SMILES string of the molecule is Cc1csc(C=Nc2ccccc2)n1. The van der Waals surface area contributed by atoms with E-state index in [2.05, 4.69) is 9.98 Å². The van der Waals surface area contributed by atoms with E-state index in [4.69, 9.17) is 0 Å². The Labute approximate surface area is 87.0 Å².